The van der Waals surface area contributed by atoms with Crippen LogP contribution < -0.4 is 16.0 Å². The van der Waals surface area contributed by atoms with Crippen molar-refractivity contribution < 1.29 is 13.2 Å². The number of carbonyl (C=O) groups is 1. The average Bonchev–Trinajstić information content (AvgIpc) is 2.58. The van der Waals surface area contributed by atoms with Crippen molar-refractivity contribution in [2.24, 2.45) is 0 Å². The number of nitrogen functional groups attached to an aromatic ring is 1. The zero-order chi connectivity index (χ0) is 20.4. The molecule has 9 heteroatoms. The Balaban J connectivity index is 2.85. The van der Waals surface area contributed by atoms with Gasteiger partial charge in [0.1, 0.15) is 4.90 Å². The molecule has 0 spiro atoms. The van der Waals surface area contributed by atoms with E-state index in [-0.39, 0.29) is 37.1 Å². The van der Waals surface area contributed by atoms with Crippen molar-refractivity contribution in [3.8, 4) is 0 Å². The van der Waals surface area contributed by atoms with E-state index in [4.69, 9.17) is 28.9 Å². The Morgan fingerprint density at radius 3 is 2.33 bits per heavy atom. The highest BCUT2D eigenvalue weighted by Crippen LogP contribution is 2.40. The number of sulfone groups is 1. The Hall–Kier alpha value is -1.96. The van der Waals surface area contributed by atoms with Crippen molar-refractivity contribution in [1.29, 1.82) is 0 Å². The molecule has 6 nitrogen and oxygen atoms in total. The second kappa shape index (κ2) is 8.37. The maximum absolute atomic E-state index is 13.5. The lowest BCUT2D eigenvalue weighted by Crippen LogP contribution is -2.25. The summed E-state index contributed by atoms with van der Waals surface area (Å²) in [6, 6.07) is 7.45. The fourth-order valence-corrected chi connectivity index (χ4v) is 5.16. The van der Waals surface area contributed by atoms with E-state index in [1.54, 1.807) is 12.1 Å². The molecule has 0 fully saturated rings. The SMILES string of the molecule is CCN(CC)c1cccc(NC(C)=O)c1S(=O)(=O)c1cc(Cl)c(N)cc1Cl. The van der Waals surface area contributed by atoms with E-state index in [1.165, 1.54) is 25.1 Å². The van der Waals surface area contributed by atoms with Gasteiger partial charge in [-0.1, -0.05) is 29.3 Å². The van der Waals surface area contributed by atoms with Crippen LogP contribution in [0, 0.1) is 0 Å². The quantitative estimate of drug-likeness (QED) is 0.670. The molecule has 0 aromatic heterocycles. The van der Waals surface area contributed by atoms with E-state index in [0.717, 1.165) is 0 Å². The summed E-state index contributed by atoms with van der Waals surface area (Å²) < 4.78 is 27.0. The largest absolute Gasteiger partial charge is 0.397 e. The van der Waals surface area contributed by atoms with Crippen molar-refractivity contribution >= 4 is 56.0 Å². The molecule has 0 atom stereocenters. The Kier molecular flexibility index (Phi) is 6.62. The lowest BCUT2D eigenvalue weighted by molar-refractivity contribution is -0.114. The number of nitrogens with zero attached hydrogens (tertiary/aromatic N) is 1. The Morgan fingerprint density at radius 1 is 1.15 bits per heavy atom. The highest BCUT2D eigenvalue weighted by molar-refractivity contribution is 7.92. The molecule has 1 amide bonds. The Bertz CT molecular complexity index is 974. The number of halogens is 2. The second-order valence-corrected chi connectivity index (χ2v) is 8.48. The fourth-order valence-electron chi connectivity index (χ4n) is 2.77. The number of rotatable bonds is 6. The predicted molar refractivity (Wildman–Crippen MR) is 111 cm³/mol. The van der Waals surface area contributed by atoms with Crippen LogP contribution in [0.4, 0.5) is 17.1 Å². The van der Waals surface area contributed by atoms with Crippen molar-refractivity contribution in [2.45, 2.75) is 30.6 Å². The monoisotopic (exact) mass is 429 g/mol. The minimum atomic E-state index is -4.11. The first-order valence-electron chi connectivity index (χ1n) is 8.28. The first-order chi connectivity index (χ1) is 12.6. The van der Waals surface area contributed by atoms with Crippen LogP contribution in [0.25, 0.3) is 0 Å². The molecule has 0 radical (unpaired) electrons. The fraction of sp³-hybridized carbons (Fsp3) is 0.278. The van der Waals surface area contributed by atoms with Crippen LogP contribution in [0.15, 0.2) is 40.1 Å². The summed E-state index contributed by atoms with van der Waals surface area (Å²) >= 11 is 12.2. The average molecular weight is 430 g/mol. The number of benzene rings is 2. The third kappa shape index (κ3) is 4.31. The van der Waals surface area contributed by atoms with E-state index < -0.39 is 9.84 Å². The summed E-state index contributed by atoms with van der Waals surface area (Å²) in [7, 11) is -4.11. The van der Waals surface area contributed by atoms with Gasteiger partial charge in [0.05, 0.1) is 32.0 Å². The minimum absolute atomic E-state index is 0.0355. The molecule has 146 valence electrons. The summed E-state index contributed by atoms with van der Waals surface area (Å²) in [5, 5.41) is 2.63. The predicted octanol–water partition coefficient (Wildman–Crippen LogP) is 4.21. The molecule has 0 bridgehead atoms. The highest BCUT2D eigenvalue weighted by Gasteiger charge is 2.30. The molecule has 27 heavy (non-hydrogen) atoms. The van der Waals surface area contributed by atoms with E-state index in [0.29, 0.717) is 18.8 Å². The van der Waals surface area contributed by atoms with Crippen LogP contribution >= 0.6 is 23.2 Å². The zero-order valence-electron chi connectivity index (χ0n) is 15.2. The van der Waals surface area contributed by atoms with Crippen LogP contribution in [0.5, 0.6) is 0 Å². The normalized spacial score (nSPS) is 11.3. The van der Waals surface area contributed by atoms with E-state index >= 15 is 0 Å². The van der Waals surface area contributed by atoms with Crippen LogP contribution in [0.1, 0.15) is 20.8 Å². The van der Waals surface area contributed by atoms with Gasteiger partial charge in [0.25, 0.3) is 0 Å². The number of nitrogens with one attached hydrogen (secondary N) is 1. The molecular weight excluding hydrogens is 409 g/mol. The second-order valence-electron chi connectivity index (χ2n) is 5.81. The van der Waals surface area contributed by atoms with Gasteiger partial charge in [-0.15, -0.1) is 0 Å². The van der Waals surface area contributed by atoms with Gasteiger partial charge >= 0.3 is 0 Å². The first-order valence-corrected chi connectivity index (χ1v) is 10.5. The van der Waals surface area contributed by atoms with Gasteiger partial charge in [-0.25, -0.2) is 8.42 Å². The number of amides is 1. The van der Waals surface area contributed by atoms with Crippen LogP contribution in [-0.4, -0.2) is 27.4 Å². The number of anilines is 3. The summed E-state index contributed by atoms with van der Waals surface area (Å²) in [5.74, 6) is -0.385. The molecule has 0 aliphatic heterocycles. The van der Waals surface area contributed by atoms with Gasteiger partial charge in [-0.05, 0) is 38.1 Å². The van der Waals surface area contributed by atoms with Crippen molar-refractivity contribution in [1.82, 2.24) is 0 Å². The molecule has 0 aliphatic carbocycles. The summed E-state index contributed by atoms with van der Waals surface area (Å²) in [4.78, 5) is 13.3. The van der Waals surface area contributed by atoms with Crippen LogP contribution in [0.2, 0.25) is 10.0 Å². The van der Waals surface area contributed by atoms with Gasteiger partial charge < -0.3 is 16.0 Å². The standard InChI is InChI=1S/C18H21Cl2N3O3S/c1-4-23(5-2)16-8-6-7-15(22-11(3)24)18(16)27(25,26)17-10-12(19)14(21)9-13(17)20/h6-10H,4-5,21H2,1-3H3,(H,22,24). The number of nitrogens with two attached hydrogens (primary N) is 1. The molecule has 3 N–H and O–H groups in total. The summed E-state index contributed by atoms with van der Waals surface area (Å²) in [6.45, 7) is 6.31. The van der Waals surface area contributed by atoms with Crippen molar-refractivity contribution in [3.05, 3.63) is 40.4 Å². The highest BCUT2D eigenvalue weighted by atomic mass is 35.5. The van der Waals surface area contributed by atoms with Gasteiger partial charge in [0, 0.05) is 20.0 Å². The van der Waals surface area contributed by atoms with E-state index in [9.17, 15) is 13.2 Å². The van der Waals surface area contributed by atoms with Crippen molar-refractivity contribution in [2.75, 3.05) is 29.0 Å². The molecule has 0 heterocycles. The van der Waals surface area contributed by atoms with Gasteiger partial charge in [-0.3, -0.25) is 4.79 Å². The van der Waals surface area contributed by atoms with Gasteiger partial charge in [-0.2, -0.15) is 0 Å². The molecule has 2 aromatic carbocycles. The number of hydrogen-bond donors (Lipinski definition) is 2. The topological polar surface area (TPSA) is 92.5 Å². The molecule has 0 unspecified atom stereocenters. The molecule has 0 aliphatic rings. The first kappa shape index (κ1) is 21.3. The van der Waals surface area contributed by atoms with Crippen LogP contribution in [-0.2, 0) is 14.6 Å². The zero-order valence-corrected chi connectivity index (χ0v) is 17.5. The summed E-state index contributed by atoms with van der Waals surface area (Å²) in [6.07, 6.45) is 0. The molecule has 2 rings (SSSR count). The lowest BCUT2D eigenvalue weighted by Gasteiger charge is -2.26. The smallest absolute Gasteiger partial charge is 0.221 e. The van der Waals surface area contributed by atoms with Gasteiger partial charge in [0.15, 0.2) is 0 Å². The van der Waals surface area contributed by atoms with Crippen molar-refractivity contribution in [3.63, 3.8) is 0 Å². The minimum Gasteiger partial charge on any atom is -0.397 e. The molecular formula is C18H21Cl2N3O3S. The molecule has 0 saturated heterocycles. The summed E-state index contributed by atoms with van der Waals surface area (Å²) in [5.41, 5.74) is 6.54. The maximum atomic E-state index is 13.5. The Morgan fingerprint density at radius 2 is 1.78 bits per heavy atom. The Labute approximate surface area is 169 Å². The molecule has 2 aromatic rings. The lowest BCUT2D eigenvalue weighted by atomic mass is 10.2. The third-order valence-electron chi connectivity index (χ3n) is 4.02. The van der Waals surface area contributed by atoms with E-state index in [1.807, 2.05) is 18.7 Å². The van der Waals surface area contributed by atoms with E-state index in [2.05, 4.69) is 5.32 Å². The van der Waals surface area contributed by atoms with Gasteiger partial charge in [0.2, 0.25) is 15.7 Å². The third-order valence-corrected chi connectivity index (χ3v) is 6.65. The maximum Gasteiger partial charge on any atom is 0.221 e. The van der Waals surface area contributed by atoms with Crippen LogP contribution in [0.3, 0.4) is 0 Å². The number of carbonyl (C=O) groups excluding carboxylic acids is 1. The molecule has 0 saturated carbocycles. The number of hydrogen-bond acceptors (Lipinski definition) is 5.